The SMILES string of the molecule is CCCCCCCCCCCCCCCCCCCCCCCCC(=O)O[C@H](COC(=O)CCCCCCCCCCCCCCCCCC)COP(=O)(O)OC[C@@H](O)COP(=O)(O)OC[C@@H](COC(=O)CCCCCCCCC)OC(=O)CCCCCCCCC(C)CC. The highest BCUT2D eigenvalue weighted by atomic mass is 31.2. The summed E-state index contributed by atoms with van der Waals surface area (Å²) in [5.41, 5.74) is 0. The number of hydrogen-bond donors (Lipinski definition) is 3. The summed E-state index contributed by atoms with van der Waals surface area (Å²) in [7, 11) is -9.90. The molecule has 0 fully saturated rings. The van der Waals surface area contributed by atoms with Crippen LogP contribution < -0.4 is 0 Å². The van der Waals surface area contributed by atoms with E-state index < -0.39 is 97.5 Å². The number of hydrogen-bond acceptors (Lipinski definition) is 15. The molecule has 3 N–H and O–H groups in total. The summed E-state index contributed by atoms with van der Waals surface area (Å²) in [5.74, 6) is -1.40. The van der Waals surface area contributed by atoms with Crippen LogP contribution in [0.1, 0.15) is 401 Å². The molecule has 17 nitrogen and oxygen atoms in total. The monoisotopic (exact) mass is 1400 g/mol. The van der Waals surface area contributed by atoms with Gasteiger partial charge in [-0.2, -0.15) is 0 Å². The third-order valence-corrected chi connectivity index (χ3v) is 20.0. The Labute approximate surface area is 581 Å². The van der Waals surface area contributed by atoms with Crippen LogP contribution in [0.4, 0.5) is 0 Å². The Hall–Kier alpha value is -1.94. The molecule has 0 heterocycles. The summed E-state index contributed by atoms with van der Waals surface area (Å²) >= 11 is 0. The molecular weight excluding hydrogens is 1250 g/mol. The van der Waals surface area contributed by atoms with Gasteiger partial charge in [0.1, 0.15) is 19.3 Å². The molecule has 6 atom stereocenters. The zero-order valence-corrected chi connectivity index (χ0v) is 63.6. The fourth-order valence-electron chi connectivity index (χ4n) is 11.7. The largest absolute Gasteiger partial charge is 0.472 e. The second-order valence-corrected chi connectivity index (χ2v) is 30.5. The van der Waals surface area contributed by atoms with Gasteiger partial charge < -0.3 is 33.8 Å². The topological polar surface area (TPSA) is 237 Å². The van der Waals surface area contributed by atoms with E-state index in [0.717, 1.165) is 109 Å². The Morgan fingerprint density at radius 2 is 0.505 bits per heavy atom. The molecule has 0 saturated carbocycles. The number of aliphatic hydroxyl groups is 1. The zero-order chi connectivity index (χ0) is 69.8. The molecule has 0 saturated heterocycles. The van der Waals surface area contributed by atoms with Gasteiger partial charge in [-0.25, -0.2) is 9.13 Å². The number of unbranched alkanes of at least 4 members (excludes halogenated alkanes) is 47. The number of ether oxygens (including phenoxy) is 4. The van der Waals surface area contributed by atoms with E-state index in [9.17, 15) is 43.2 Å². The van der Waals surface area contributed by atoms with Gasteiger partial charge in [-0.15, -0.1) is 0 Å². The van der Waals surface area contributed by atoms with E-state index in [1.807, 2.05) is 0 Å². The Bertz CT molecular complexity index is 1820. The first kappa shape index (κ1) is 93.1. The number of carbonyl (C=O) groups is 4. The molecule has 3 unspecified atom stereocenters. The Balaban J connectivity index is 5.14. The van der Waals surface area contributed by atoms with Crippen LogP contribution in [0.3, 0.4) is 0 Å². The van der Waals surface area contributed by atoms with Crippen LogP contribution >= 0.6 is 15.6 Å². The molecule has 0 amide bonds. The minimum Gasteiger partial charge on any atom is -0.462 e. The minimum atomic E-state index is -4.96. The summed E-state index contributed by atoms with van der Waals surface area (Å²) in [4.78, 5) is 72.6. The standard InChI is InChI=1S/C76H148O17P2/c1-6-10-13-16-19-21-23-25-27-29-30-31-32-33-34-36-38-40-42-45-51-56-61-75(80)92-71(66-87-74(79)60-55-50-44-41-39-37-35-28-26-24-22-20-17-14-11-7-2)67-90-94(82,83)88-63-70(77)64-89-95(84,85)91-68-72(65-86-73(78)59-54-49-43-18-15-12-8-3)93-76(81)62-57-52-47-46-48-53-58-69(5)9-4/h69-72,77H,6-68H2,1-5H3,(H,82,83)(H,84,85)/t69?,70-,71-,72-/m1/s1. The highest BCUT2D eigenvalue weighted by Gasteiger charge is 2.30. The van der Waals surface area contributed by atoms with Gasteiger partial charge in [-0.1, -0.05) is 349 Å². The lowest BCUT2D eigenvalue weighted by Gasteiger charge is -2.21. The van der Waals surface area contributed by atoms with Crippen molar-refractivity contribution in [2.45, 2.75) is 419 Å². The van der Waals surface area contributed by atoms with Crippen LogP contribution in [0.5, 0.6) is 0 Å². The highest BCUT2D eigenvalue weighted by Crippen LogP contribution is 2.45. The second kappa shape index (κ2) is 69.2. The van der Waals surface area contributed by atoms with Crippen molar-refractivity contribution < 1.29 is 80.2 Å². The van der Waals surface area contributed by atoms with Crippen molar-refractivity contribution in [2.75, 3.05) is 39.6 Å². The number of aliphatic hydroxyl groups excluding tert-OH is 1. The van der Waals surface area contributed by atoms with E-state index in [4.69, 9.17) is 37.0 Å². The molecule has 0 aromatic rings. The minimum absolute atomic E-state index is 0.103. The summed E-state index contributed by atoms with van der Waals surface area (Å²) in [6.07, 6.45) is 58.7. The van der Waals surface area contributed by atoms with Gasteiger partial charge in [-0.05, 0) is 31.6 Å². The van der Waals surface area contributed by atoms with E-state index in [1.54, 1.807) is 0 Å². The third-order valence-electron chi connectivity index (χ3n) is 18.1. The normalized spacial score (nSPS) is 14.2. The average molecular weight is 1400 g/mol. The van der Waals surface area contributed by atoms with Gasteiger partial charge in [0.15, 0.2) is 12.2 Å². The van der Waals surface area contributed by atoms with E-state index in [2.05, 4.69) is 34.6 Å². The van der Waals surface area contributed by atoms with Gasteiger partial charge in [0.25, 0.3) is 0 Å². The van der Waals surface area contributed by atoms with Gasteiger partial charge in [0.05, 0.1) is 26.4 Å². The lowest BCUT2D eigenvalue weighted by Crippen LogP contribution is -2.30. The number of phosphoric ester groups is 2. The van der Waals surface area contributed by atoms with Gasteiger partial charge in [0.2, 0.25) is 0 Å². The van der Waals surface area contributed by atoms with Crippen LogP contribution in [0, 0.1) is 5.92 Å². The van der Waals surface area contributed by atoms with Crippen molar-refractivity contribution >= 4 is 39.5 Å². The van der Waals surface area contributed by atoms with E-state index >= 15 is 0 Å². The van der Waals surface area contributed by atoms with Crippen molar-refractivity contribution in [1.29, 1.82) is 0 Å². The zero-order valence-electron chi connectivity index (χ0n) is 61.8. The van der Waals surface area contributed by atoms with Crippen molar-refractivity contribution in [3.63, 3.8) is 0 Å². The molecule has 0 rings (SSSR count). The van der Waals surface area contributed by atoms with Crippen molar-refractivity contribution in [1.82, 2.24) is 0 Å². The number of esters is 4. The molecule has 564 valence electrons. The van der Waals surface area contributed by atoms with Crippen molar-refractivity contribution in [3.8, 4) is 0 Å². The first-order chi connectivity index (χ1) is 46.1. The molecule has 19 heteroatoms. The third kappa shape index (κ3) is 69.0. The van der Waals surface area contributed by atoms with Gasteiger partial charge in [-0.3, -0.25) is 37.3 Å². The van der Waals surface area contributed by atoms with Crippen molar-refractivity contribution in [3.05, 3.63) is 0 Å². The average Bonchev–Trinajstić information content (AvgIpc) is 1.77. The highest BCUT2D eigenvalue weighted by molar-refractivity contribution is 7.47. The molecule has 0 aromatic heterocycles. The van der Waals surface area contributed by atoms with Crippen LogP contribution in [-0.4, -0.2) is 96.7 Å². The predicted octanol–water partition coefficient (Wildman–Crippen LogP) is 22.5. The van der Waals surface area contributed by atoms with Gasteiger partial charge in [0, 0.05) is 25.7 Å². The Kier molecular flexibility index (Phi) is 67.7. The molecule has 0 bridgehead atoms. The summed E-state index contributed by atoms with van der Waals surface area (Å²) in [5, 5.41) is 10.6. The quantitative estimate of drug-likeness (QED) is 0.0222. The summed E-state index contributed by atoms with van der Waals surface area (Å²) < 4.78 is 68.3. The number of rotatable bonds is 76. The van der Waals surface area contributed by atoms with Crippen LogP contribution in [0.25, 0.3) is 0 Å². The fourth-order valence-corrected chi connectivity index (χ4v) is 13.3. The number of phosphoric acid groups is 2. The van der Waals surface area contributed by atoms with Crippen LogP contribution in [0.2, 0.25) is 0 Å². The molecule has 0 radical (unpaired) electrons. The van der Waals surface area contributed by atoms with Crippen LogP contribution in [-0.2, 0) is 65.4 Å². The van der Waals surface area contributed by atoms with Crippen molar-refractivity contribution in [2.24, 2.45) is 5.92 Å². The maximum atomic E-state index is 13.1. The molecule has 0 aliphatic rings. The molecule has 0 aliphatic carbocycles. The number of carbonyl (C=O) groups excluding carboxylic acids is 4. The molecular formula is C76H148O17P2. The van der Waals surface area contributed by atoms with E-state index in [-0.39, 0.29) is 25.7 Å². The van der Waals surface area contributed by atoms with Crippen LogP contribution in [0.15, 0.2) is 0 Å². The second-order valence-electron chi connectivity index (χ2n) is 27.6. The predicted molar refractivity (Wildman–Crippen MR) is 386 cm³/mol. The molecule has 0 spiro atoms. The lowest BCUT2D eigenvalue weighted by molar-refractivity contribution is -0.161. The van der Waals surface area contributed by atoms with E-state index in [1.165, 1.54) is 212 Å². The maximum Gasteiger partial charge on any atom is 0.472 e. The molecule has 0 aliphatic heterocycles. The molecule has 0 aromatic carbocycles. The summed E-state index contributed by atoms with van der Waals surface area (Å²) in [6.45, 7) is 7.19. The first-order valence-corrected chi connectivity index (χ1v) is 42.7. The van der Waals surface area contributed by atoms with E-state index in [0.29, 0.717) is 25.7 Å². The lowest BCUT2D eigenvalue weighted by atomic mass is 10.00. The Morgan fingerprint density at radius 3 is 0.747 bits per heavy atom. The smallest absolute Gasteiger partial charge is 0.462 e. The van der Waals surface area contributed by atoms with Gasteiger partial charge >= 0.3 is 39.5 Å². The molecule has 95 heavy (non-hydrogen) atoms. The fraction of sp³-hybridized carbons (Fsp3) is 0.947. The Morgan fingerprint density at radius 1 is 0.295 bits per heavy atom. The first-order valence-electron chi connectivity index (χ1n) is 39.7. The summed E-state index contributed by atoms with van der Waals surface area (Å²) in [6, 6.07) is 0. The maximum absolute atomic E-state index is 13.1.